The maximum atomic E-state index is 14.1. The summed E-state index contributed by atoms with van der Waals surface area (Å²) in [6.07, 6.45) is 4.50. The highest BCUT2D eigenvalue weighted by atomic mass is 35.5. The van der Waals surface area contributed by atoms with Crippen LogP contribution in [0.1, 0.15) is 34.3 Å². The summed E-state index contributed by atoms with van der Waals surface area (Å²) in [6, 6.07) is 11.0. The first-order valence-electron chi connectivity index (χ1n) is 9.66. The van der Waals surface area contributed by atoms with Crippen LogP contribution >= 0.6 is 11.3 Å². The predicted molar refractivity (Wildman–Crippen MR) is 113 cm³/mol. The van der Waals surface area contributed by atoms with Crippen molar-refractivity contribution in [1.82, 2.24) is 9.88 Å². The molecule has 1 aliphatic rings. The van der Waals surface area contributed by atoms with Crippen molar-refractivity contribution in [1.29, 1.82) is 0 Å². The molecule has 1 aliphatic carbocycles. The van der Waals surface area contributed by atoms with Crippen molar-refractivity contribution in [2.75, 3.05) is 32.1 Å². The predicted octanol–water partition coefficient (Wildman–Crippen LogP) is 1.53. The standard InChI is InChI=1S/C22H24FN3OS.ClH/c1-25(2)12-13-26(22-24-20-18(23)8-5-9-19(20)28-22)21(27)17-11-10-15-6-3-4-7-16(15)14-17;/h5,8-11,14H,3-4,6-7,12-13H2,1-2H3;1H/p-1. The van der Waals surface area contributed by atoms with Gasteiger partial charge in [-0.1, -0.05) is 23.5 Å². The fraction of sp³-hybridized carbons (Fsp3) is 0.364. The summed E-state index contributed by atoms with van der Waals surface area (Å²) in [5, 5.41) is 0.546. The SMILES string of the molecule is CN(C)CCN(C(=O)c1ccc2c(c1)CCCC2)c1nc2c(F)cccc2s1.[Cl-]. The zero-order valence-electron chi connectivity index (χ0n) is 16.6. The molecule has 3 aromatic rings. The van der Waals surface area contributed by atoms with Crippen LogP contribution in [-0.2, 0) is 12.8 Å². The smallest absolute Gasteiger partial charge is 0.260 e. The van der Waals surface area contributed by atoms with E-state index < -0.39 is 0 Å². The molecule has 0 bridgehead atoms. The van der Waals surface area contributed by atoms with E-state index in [0.29, 0.717) is 29.3 Å². The second-order valence-corrected chi connectivity index (χ2v) is 8.54. The van der Waals surface area contributed by atoms with Crippen molar-refractivity contribution in [3.8, 4) is 0 Å². The number of aryl methyl sites for hydroxylation is 2. The zero-order valence-corrected chi connectivity index (χ0v) is 18.2. The van der Waals surface area contributed by atoms with Crippen LogP contribution in [0.5, 0.6) is 0 Å². The molecule has 2 aromatic carbocycles. The van der Waals surface area contributed by atoms with E-state index in [1.807, 2.05) is 37.2 Å². The highest BCUT2D eigenvalue weighted by molar-refractivity contribution is 7.22. The van der Waals surface area contributed by atoms with Crippen LogP contribution < -0.4 is 17.3 Å². The summed E-state index contributed by atoms with van der Waals surface area (Å²) in [7, 11) is 3.94. The first-order chi connectivity index (χ1) is 13.5. The fourth-order valence-corrected chi connectivity index (χ4v) is 4.63. The molecule has 0 atom stereocenters. The molecule has 0 spiro atoms. The van der Waals surface area contributed by atoms with E-state index in [-0.39, 0.29) is 24.1 Å². The molecule has 0 fully saturated rings. The van der Waals surface area contributed by atoms with E-state index in [1.54, 1.807) is 11.0 Å². The number of hydrogen-bond donors (Lipinski definition) is 0. The maximum Gasteiger partial charge on any atom is 0.260 e. The normalized spacial score (nSPS) is 13.2. The van der Waals surface area contributed by atoms with Gasteiger partial charge in [-0.3, -0.25) is 9.69 Å². The van der Waals surface area contributed by atoms with Gasteiger partial charge in [0.1, 0.15) is 11.3 Å². The van der Waals surface area contributed by atoms with Gasteiger partial charge >= 0.3 is 0 Å². The molecule has 0 saturated heterocycles. The summed E-state index contributed by atoms with van der Waals surface area (Å²) in [5.41, 5.74) is 3.64. The third-order valence-electron chi connectivity index (χ3n) is 5.20. The van der Waals surface area contributed by atoms with Gasteiger partial charge in [0.25, 0.3) is 5.91 Å². The number of carbonyl (C=O) groups excluding carboxylic acids is 1. The van der Waals surface area contributed by atoms with Gasteiger partial charge in [-0.25, -0.2) is 9.37 Å². The minimum atomic E-state index is -0.353. The van der Waals surface area contributed by atoms with Crippen LogP contribution in [0, 0.1) is 5.82 Å². The van der Waals surface area contributed by atoms with Crippen LogP contribution in [0.2, 0.25) is 0 Å². The van der Waals surface area contributed by atoms with Gasteiger partial charge in [-0.15, -0.1) is 0 Å². The number of halogens is 2. The number of benzene rings is 2. The van der Waals surface area contributed by atoms with Gasteiger partial charge in [0.15, 0.2) is 5.13 Å². The van der Waals surface area contributed by atoms with E-state index in [4.69, 9.17) is 0 Å². The average molecular weight is 433 g/mol. The van der Waals surface area contributed by atoms with Crippen LogP contribution in [0.4, 0.5) is 9.52 Å². The molecule has 7 heteroatoms. The number of aromatic nitrogens is 1. The highest BCUT2D eigenvalue weighted by Crippen LogP contribution is 2.31. The number of carbonyl (C=O) groups is 1. The molecule has 29 heavy (non-hydrogen) atoms. The van der Waals surface area contributed by atoms with Gasteiger partial charge < -0.3 is 17.3 Å². The van der Waals surface area contributed by atoms with Crippen LogP contribution in [0.15, 0.2) is 36.4 Å². The van der Waals surface area contributed by atoms with Gasteiger partial charge in [0.2, 0.25) is 0 Å². The van der Waals surface area contributed by atoms with Crippen LogP contribution in [-0.4, -0.2) is 43.0 Å². The lowest BCUT2D eigenvalue weighted by Gasteiger charge is -2.23. The van der Waals surface area contributed by atoms with Crippen molar-refractivity contribution < 1.29 is 21.6 Å². The second-order valence-electron chi connectivity index (χ2n) is 7.53. The van der Waals surface area contributed by atoms with E-state index in [2.05, 4.69) is 11.1 Å². The number of rotatable bonds is 5. The Hall–Kier alpha value is -2.02. The number of thiazole rings is 1. The Morgan fingerprint density at radius 2 is 1.86 bits per heavy atom. The van der Waals surface area contributed by atoms with E-state index in [1.165, 1.54) is 41.4 Å². The topological polar surface area (TPSA) is 36.4 Å². The largest absolute Gasteiger partial charge is 1.00 e. The Kier molecular flexibility index (Phi) is 6.88. The van der Waals surface area contributed by atoms with Crippen molar-refractivity contribution >= 4 is 32.6 Å². The minimum Gasteiger partial charge on any atom is -1.00 e. The lowest BCUT2D eigenvalue weighted by atomic mass is 9.90. The molecule has 0 unspecified atom stereocenters. The Morgan fingerprint density at radius 3 is 2.59 bits per heavy atom. The molecular formula is C22H24ClFN3OS-. The van der Waals surface area contributed by atoms with Gasteiger partial charge in [-0.05, 0) is 75.2 Å². The average Bonchev–Trinajstić information content (AvgIpc) is 3.12. The Bertz CT molecular complexity index is 1020. The van der Waals surface area contributed by atoms with Gasteiger partial charge in [0.05, 0.1) is 4.70 Å². The molecule has 0 aliphatic heterocycles. The number of nitrogens with zero attached hydrogens (tertiary/aromatic N) is 3. The maximum absolute atomic E-state index is 14.1. The Labute approximate surface area is 180 Å². The number of fused-ring (bicyclic) bond motifs is 2. The second kappa shape index (κ2) is 9.20. The highest BCUT2D eigenvalue weighted by Gasteiger charge is 2.23. The van der Waals surface area contributed by atoms with Gasteiger partial charge in [-0.2, -0.15) is 0 Å². The van der Waals surface area contributed by atoms with E-state index in [9.17, 15) is 9.18 Å². The summed E-state index contributed by atoms with van der Waals surface area (Å²) in [4.78, 5) is 21.6. The van der Waals surface area contributed by atoms with Crippen molar-refractivity contribution in [2.45, 2.75) is 25.7 Å². The fourth-order valence-electron chi connectivity index (χ4n) is 3.63. The first kappa shape index (κ1) is 21.7. The number of para-hydroxylation sites is 1. The Morgan fingerprint density at radius 1 is 1.10 bits per heavy atom. The summed E-state index contributed by atoms with van der Waals surface area (Å²) in [5.74, 6) is -0.427. The molecule has 4 nitrogen and oxygen atoms in total. The van der Waals surface area contributed by atoms with Crippen molar-refractivity contribution in [3.05, 3.63) is 58.9 Å². The van der Waals surface area contributed by atoms with E-state index in [0.717, 1.165) is 17.5 Å². The number of hydrogen-bond acceptors (Lipinski definition) is 4. The summed E-state index contributed by atoms with van der Waals surface area (Å²) < 4.78 is 14.9. The van der Waals surface area contributed by atoms with Crippen LogP contribution in [0.3, 0.4) is 0 Å². The van der Waals surface area contributed by atoms with Crippen molar-refractivity contribution in [3.63, 3.8) is 0 Å². The molecule has 0 N–H and O–H groups in total. The molecule has 154 valence electrons. The lowest BCUT2D eigenvalue weighted by molar-refractivity contribution is -0.0000139. The third-order valence-corrected chi connectivity index (χ3v) is 6.24. The quantitative estimate of drug-likeness (QED) is 0.613. The third kappa shape index (κ3) is 4.60. The van der Waals surface area contributed by atoms with E-state index >= 15 is 0 Å². The molecular weight excluding hydrogens is 409 g/mol. The first-order valence-corrected chi connectivity index (χ1v) is 10.5. The molecule has 0 saturated carbocycles. The molecule has 1 heterocycles. The monoisotopic (exact) mass is 432 g/mol. The number of likely N-dealkylation sites (N-methyl/N-ethyl adjacent to an activating group) is 1. The molecule has 1 amide bonds. The molecule has 1 aromatic heterocycles. The van der Waals surface area contributed by atoms with Crippen LogP contribution in [0.25, 0.3) is 10.2 Å². The minimum absolute atomic E-state index is 0. The molecule has 0 radical (unpaired) electrons. The van der Waals surface area contributed by atoms with Gasteiger partial charge in [0, 0.05) is 18.7 Å². The summed E-state index contributed by atoms with van der Waals surface area (Å²) in [6.45, 7) is 1.21. The lowest BCUT2D eigenvalue weighted by Crippen LogP contribution is -3.00. The molecule has 4 rings (SSSR count). The van der Waals surface area contributed by atoms with Crippen molar-refractivity contribution in [2.24, 2.45) is 0 Å². The Balaban J connectivity index is 0.00000240. The number of anilines is 1. The summed E-state index contributed by atoms with van der Waals surface area (Å²) >= 11 is 1.36. The number of amides is 1. The zero-order chi connectivity index (χ0) is 19.7.